The zero-order chi connectivity index (χ0) is 20.8. The summed E-state index contributed by atoms with van der Waals surface area (Å²) in [5, 5.41) is 0.465. The van der Waals surface area contributed by atoms with E-state index in [1.807, 2.05) is 0 Å². The van der Waals surface area contributed by atoms with Crippen LogP contribution in [-0.4, -0.2) is 17.6 Å². The van der Waals surface area contributed by atoms with Gasteiger partial charge in [0.2, 0.25) is 5.91 Å². The lowest BCUT2D eigenvalue weighted by Gasteiger charge is -2.24. The van der Waals surface area contributed by atoms with Crippen LogP contribution in [0, 0.1) is 0 Å². The Balaban J connectivity index is 1.72. The van der Waals surface area contributed by atoms with Crippen LogP contribution in [0.15, 0.2) is 64.0 Å². The minimum Gasteiger partial charge on any atom is -0.464 e. The summed E-state index contributed by atoms with van der Waals surface area (Å²) in [5.41, 5.74) is 1.16. The van der Waals surface area contributed by atoms with Gasteiger partial charge < -0.3 is 9.15 Å². The molecule has 1 aliphatic rings. The Kier molecular flexibility index (Phi) is 4.49. The van der Waals surface area contributed by atoms with Crippen LogP contribution in [0.2, 0.25) is 0 Å². The van der Waals surface area contributed by atoms with Gasteiger partial charge in [-0.1, -0.05) is 30.3 Å². The van der Waals surface area contributed by atoms with Crippen molar-refractivity contribution in [3.63, 3.8) is 0 Å². The zero-order valence-electron chi connectivity index (χ0n) is 16.5. The summed E-state index contributed by atoms with van der Waals surface area (Å²) in [6.07, 6.45) is 0.821. The maximum Gasteiger partial charge on any atom is 0.421 e. The first-order valence-electron chi connectivity index (χ1n) is 9.41. The third-order valence-corrected chi connectivity index (χ3v) is 4.82. The van der Waals surface area contributed by atoms with Crippen LogP contribution in [0.3, 0.4) is 0 Å². The van der Waals surface area contributed by atoms with Gasteiger partial charge in [0.15, 0.2) is 5.43 Å². The van der Waals surface area contributed by atoms with Gasteiger partial charge in [-0.05, 0) is 51.0 Å². The third kappa shape index (κ3) is 3.42. The number of benzene rings is 2. The highest BCUT2D eigenvalue weighted by atomic mass is 16.6. The fraction of sp³-hybridized carbons (Fsp3) is 0.261. The molecule has 1 aliphatic heterocycles. The molecule has 0 spiro atoms. The Hall–Kier alpha value is -3.41. The lowest BCUT2D eigenvalue weighted by molar-refractivity contribution is -0.119. The number of imide groups is 1. The first kappa shape index (κ1) is 18.9. The molecular formula is C23H21NO5. The Morgan fingerprint density at radius 3 is 2.52 bits per heavy atom. The number of carbonyl (C=O) groups is 2. The standard InChI is InChI=1S/C23H21NO5/c1-23(2,3)29-22(27)24-18-10-6-4-8-15(18)17(21(24)26)12-14-13-28-19-11-7-5-9-16(19)20(14)25/h4-11,13,17H,12H2,1-3H3/t17-/m1/s1. The summed E-state index contributed by atoms with van der Waals surface area (Å²) in [6.45, 7) is 5.24. The molecule has 0 fully saturated rings. The van der Waals surface area contributed by atoms with Gasteiger partial charge >= 0.3 is 6.09 Å². The smallest absolute Gasteiger partial charge is 0.421 e. The SMILES string of the molecule is CC(C)(C)OC(=O)N1C(=O)[C@H](Cc2coc3ccccc3c2=O)c2ccccc21. The first-order valence-corrected chi connectivity index (χ1v) is 9.41. The van der Waals surface area contributed by atoms with E-state index in [0.717, 1.165) is 4.90 Å². The normalized spacial score (nSPS) is 16.2. The van der Waals surface area contributed by atoms with E-state index in [-0.39, 0.29) is 11.8 Å². The number of nitrogens with zero attached hydrogens (tertiary/aromatic N) is 1. The molecule has 3 aromatic rings. The van der Waals surface area contributed by atoms with Crippen molar-refractivity contribution in [2.24, 2.45) is 0 Å². The second-order valence-corrected chi connectivity index (χ2v) is 8.06. The van der Waals surface area contributed by atoms with Crippen molar-refractivity contribution in [2.75, 3.05) is 4.90 Å². The predicted octanol–water partition coefficient (Wildman–Crippen LogP) is 4.40. The molecule has 2 amide bonds. The van der Waals surface area contributed by atoms with E-state index in [9.17, 15) is 14.4 Å². The molecule has 0 radical (unpaired) electrons. The molecule has 6 heteroatoms. The van der Waals surface area contributed by atoms with Crippen molar-refractivity contribution in [3.8, 4) is 0 Å². The highest BCUT2D eigenvalue weighted by Gasteiger charge is 2.42. The van der Waals surface area contributed by atoms with Gasteiger partial charge in [0, 0.05) is 5.56 Å². The molecule has 6 nitrogen and oxygen atoms in total. The van der Waals surface area contributed by atoms with Gasteiger partial charge in [-0.25, -0.2) is 9.69 Å². The lowest BCUT2D eigenvalue weighted by Crippen LogP contribution is -2.40. The number of hydrogen-bond donors (Lipinski definition) is 0. The molecule has 0 unspecified atom stereocenters. The molecule has 4 rings (SSSR count). The van der Waals surface area contributed by atoms with Crippen molar-refractivity contribution < 1.29 is 18.7 Å². The highest BCUT2D eigenvalue weighted by molar-refractivity contribution is 6.19. The van der Waals surface area contributed by atoms with Crippen LogP contribution >= 0.6 is 0 Å². The number of carbonyl (C=O) groups excluding carboxylic acids is 2. The van der Waals surface area contributed by atoms with E-state index in [2.05, 4.69) is 0 Å². The fourth-order valence-electron chi connectivity index (χ4n) is 3.57. The second-order valence-electron chi connectivity index (χ2n) is 8.06. The Morgan fingerprint density at radius 2 is 1.76 bits per heavy atom. The maximum absolute atomic E-state index is 13.2. The summed E-state index contributed by atoms with van der Waals surface area (Å²) in [7, 11) is 0. The number of amides is 2. The van der Waals surface area contributed by atoms with Crippen molar-refractivity contribution in [2.45, 2.75) is 38.7 Å². The summed E-state index contributed by atoms with van der Waals surface area (Å²) < 4.78 is 11.0. The molecule has 148 valence electrons. The quantitative estimate of drug-likeness (QED) is 0.647. The minimum absolute atomic E-state index is 0.141. The van der Waals surface area contributed by atoms with Gasteiger partial charge in [-0.3, -0.25) is 9.59 Å². The number of fused-ring (bicyclic) bond motifs is 2. The average molecular weight is 391 g/mol. The molecule has 0 saturated heterocycles. The topological polar surface area (TPSA) is 76.8 Å². The zero-order valence-corrected chi connectivity index (χ0v) is 16.5. The van der Waals surface area contributed by atoms with Gasteiger partial charge in [-0.2, -0.15) is 0 Å². The Morgan fingerprint density at radius 1 is 1.07 bits per heavy atom. The van der Waals surface area contributed by atoms with Crippen LogP contribution in [0.25, 0.3) is 11.0 Å². The van der Waals surface area contributed by atoms with Gasteiger partial charge in [0.25, 0.3) is 0 Å². The number of ether oxygens (including phenoxy) is 1. The lowest BCUT2D eigenvalue weighted by atomic mass is 9.93. The highest BCUT2D eigenvalue weighted by Crippen LogP contribution is 2.39. The molecule has 0 aliphatic carbocycles. The van der Waals surface area contributed by atoms with Crippen LogP contribution in [0.1, 0.15) is 37.8 Å². The van der Waals surface area contributed by atoms with E-state index in [1.54, 1.807) is 69.3 Å². The monoisotopic (exact) mass is 391 g/mol. The first-order chi connectivity index (χ1) is 13.8. The molecular weight excluding hydrogens is 370 g/mol. The van der Waals surface area contributed by atoms with Gasteiger partial charge in [-0.15, -0.1) is 0 Å². The summed E-state index contributed by atoms with van der Waals surface area (Å²) >= 11 is 0. The molecule has 0 bridgehead atoms. The van der Waals surface area contributed by atoms with Crippen molar-refractivity contribution in [1.82, 2.24) is 0 Å². The summed E-state index contributed by atoms with van der Waals surface area (Å²) in [4.78, 5) is 39.8. The largest absolute Gasteiger partial charge is 0.464 e. The van der Waals surface area contributed by atoms with Crippen LogP contribution in [-0.2, 0) is 16.0 Å². The maximum atomic E-state index is 13.2. The van der Waals surface area contributed by atoms with E-state index >= 15 is 0 Å². The Labute approximate surface area is 167 Å². The predicted molar refractivity (Wildman–Crippen MR) is 109 cm³/mol. The van der Waals surface area contributed by atoms with Crippen LogP contribution in [0.4, 0.5) is 10.5 Å². The van der Waals surface area contributed by atoms with E-state index in [0.29, 0.717) is 27.8 Å². The molecule has 1 aromatic heterocycles. The van der Waals surface area contributed by atoms with Crippen LogP contribution in [0.5, 0.6) is 0 Å². The third-order valence-electron chi connectivity index (χ3n) is 4.82. The van der Waals surface area contributed by atoms with Crippen molar-refractivity contribution in [1.29, 1.82) is 0 Å². The number of para-hydroxylation sites is 2. The summed E-state index contributed by atoms with van der Waals surface area (Å²) in [5.74, 6) is -1.07. The summed E-state index contributed by atoms with van der Waals surface area (Å²) in [6, 6.07) is 14.0. The number of rotatable bonds is 2. The fourth-order valence-corrected chi connectivity index (χ4v) is 3.57. The molecule has 0 N–H and O–H groups in total. The minimum atomic E-state index is -0.732. The van der Waals surface area contributed by atoms with Gasteiger partial charge in [0.05, 0.1) is 23.3 Å². The molecule has 2 aromatic carbocycles. The number of hydrogen-bond acceptors (Lipinski definition) is 5. The number of anilines is 1. The van der Waals surface area contributed by atoms with Crippen LogP contribution < -0.4 is 10.3 Å². The molecule has 1 atom stereocenters. The van der Waals surface area contributed by atoms with E-state index in [4.69, 9.17) is 9.15 Å². The second kappa shape index (κ2) is 6.88. The van der Waals surface area contributed by atoms with E-state index in [1.165, 1.54) is 6.26 Å². The van der Waals surface area contributed by atoms with Gasteiger partial charge in [0.1, 0.15) is 11.2 Å². The molecule has 0 saturated carbocycles. The molecule has 29 heavy (non-hydrogen) atoms. The van der Waals surface area contributed by atoms with Crippen molar-refractivity contribution >= 4 is 28.7 Å². The Bertz CT molecular complexity index is 1170. The van der Waals surface area contributed by atoms with E-state index < -0.39 is 23.5 Å². The van der Waals surface area contributed by atoms with Crippen molar-refractivity contribution in [3.05, 3.63) is 76.1 Å². The average Bonchev–Trinajstić information content (AvgIpc) is 2.94. The molecule has 2 heterocycles.